The van der Waals surface area contributed by atoms with E-state index < -0.39 is 5.82 Å². The van der Waals surface area contributed by atoms with E-state index in [2.05, 4.69) is 21.2 Å². The van der Waals surface area contributed by atoms with E-state index in [-0.39, 0.29) is 18.3 Å². The number of halogens is 3. The zero-order valence-electron chi connectivity index (χ0n) is 10.7. The summed E-state index contributed by atoms with van der Waals surface area (Å²) in [5.41, 5.74) is 0.410. The highest BCUT2D eigenvalue weighted by molar-refractivity contribution is 9.10. The summed E-state index contributed by atoms with van der Waals surface area (Å²) >= 11 is 3.09. The molecule has 1 aromatic rings. The van der Waals surface area contributed by atoms with Crippen LogP contribution in [0.15, 0.2) is 22.7 Å². The number of likely N-dealkylation sites (tertiary alicyclic amines) is 1. The van der Waals surface area contributed by atoms with E-state index in [1.54, 1.807) is 17.0 Å². The monoisotopic (exact) mass is 350 g/mol. The van der Waals surface area contributed by atoms with E-state index in [0.717, 1.165) is 19.4 Å². The smallest absolute Gasteiger partial charge is 0.254 e. The summed E-state index contributed by atoms with van der Waals surface area (Å²) in [5, 5.41) is 3.19. The lowest BCUT2D eigenvalue weighted by molar-refractivity contribution is 0.0697. The normalized spacial score (nSPS) is 18.9. The van der Waals surface area contributed by atoms with Crippen molar-refractivity contribution >= 4 is 34.2 Å². The Bertz CT molecular complexity index is 458. The molecule has 0 aliphatic carbocycles. The second-order valence-corrected chi connectivity index (χ2v) is 5.36. The van der Waals surface area contributed by atoms with Crippen LogP contribution in [0.5, 0.6) is 0 Å². The number of piperidine rings is 1. The number of nitrogens with zero attached hydrogens (tertiary/aromatic N) is 1. The maximum Gasteiger partial charge on any atom is 0.254 e. The molecule has 0 saturated carbocycles. The first kappa shape index (κ1) is 16.4. The molecular weight excluding hydrogens is 335 g/mol. The Balaban J connectivity index is 0.00000180. The summed E-state index contributed by atoms with van der Waals surface area (Å²) in [6.45, 7) is 1.43. The fourth-order valence-electron chi connectivity index (χ4n) is 2.21. The van der Waals surface area contributed by atoms with Crippen LogP contribution in [0.2, 0.25) is 0 Å². The van der Waals surface area contributed by atoms with Crippen molar-refractivity contribution in [1.29, 1.82) is 0 Å². The molecule has 1 atom stereocenters. The molecule has 3 nitrogen and oxygen atoms in total. The average Bonchev–Trinajstić information content (AvgIpc) is 2.41. The standard InChI is InChI=1S/C13H16BrFN2O.ClH/c1-16-10-3-2-6-17(8-10)13(18)9-4-5-11(14)12(15)7-9;/h4-5,7,10,16H,2-3,6,8H2,1H3;1H. The summed E-state index contributed by atoms with van der Waals surface area (Å²) < 4.78 is 13.8. The number of rotatable bonds is 2. The fourth-order valence-corrected chi connectivity index (χ4v) is 2.46. The van der Waals surface area contributed by atoms with Crippen molar-refractivity contribution in [3.63, 3.8) is 0 Å². The number of hydrogen-bond donors (Lipinski definition) is 1. The van der Waals surface area contributed by atoms with Crippen LogP contribution in [0.3, 0.4) is 0 Å². The molecular formula is C13H17BrClFN2O. The van der Waals surface area contributed by atoms with Gasteiger partial charge in [-0.1, -0.05) is 0 Å². The van der Waals surface area contributed by atoms with E-state index in [4.69, 9.17) is 0 Å². The predicted octanol–water partition coefficient (Wildman–Crippen LogP) is 2.83. The van der Waals surface area contributed by atoms with Gasteiger partial charge in [0.25, 0.3) is 5.91 Å². The topological polar surface area (TPSA) is 32.3 Å². The number of likely N-dealkylation sites (N-methyl/N-ethyl adjacent to an activating group) is 1. The third-order valence-corrected chi connectivity index (χ3v) is 3.93. The molecule has 1 unspecified atom stereocenters. The molecule has 1 aliphatic heterocycles. The maximum atomic E-state index is 13.4. The highest BCUT2D eigenvalue weighted by Crippen LogP contribution is 2.19. The molecule has 1 heterocycles. The first-order valence-corrected chi connectivity index (χ1v) is 6.82. The lowest BCUT2D eigenvalue weighted by Crippen LogP contribution is -2.46. The van der Waals surface area contributed by atoms with Gasteiger partial charge in [0.15, 0.2) is 0 Å². The van der Waals surface area contributed by atoms with Crippen LogP contribution in [-0.2, 0) is 0 Å². The van der Waals surface area contributed by atoms with Gasteiger partial charge in [-0.3, -0.25) is 4.79 Å². The van der Waals surface area contributed by atoms with E-state index >= 15 is 0 Å². The van der Waals surface area contributed by atoms with Gasteiger partial charge in [-0.05, 0) is 54.0 Å². The van der Waals surface area contributed by atoms with E-state index in [1.165, 1.54) is 6.07 Å². The van der Waals surface area contributed by atoms with Gasteiger partial charge in [-0.15, -0.1) is 12.4 Å². The largest absolute Gasteiger partial charge is 0.337 e. The second kappa shape index (κ2) is 7.22. The Kier molecular flexibility index (Phi) is 6.23. The van der Waals surface area contributed by atoms with Crippen molar-refractivity contribution in [3.8, 4) is 0 Å². The number of carbonyl (C=O) groups excluding carboxylic acids is 1. The van der Waals surface area contributed by atoms with Crippen LogP contribution < -0.4 is 5.32 Å². The lowest BCUT2D eigenvalue weighted by Gasteiger charge is -2.32. The Morgan fingerprint density at radius 3 is 2.89 bits per heavy atom. The Morgan fingerprint density at radius 1 is 1.53 bits per heavy atom. The highest BCUT2D eigenvalue weighted by atomic mass is 79.9. The van der Waals surface area contributed by atoms with Crippen LogP contribution in [0.4, 0.5) is 4.39 Å². The Hall–Kier alpha value is -0.650. The van der Waals surface area contributed by atoms with Crippen molar-refractivity contribution in [2.24, 2.45) is 0 Å². The summed E-state index contributed by atoms with van der Waals surface area (Å²) in [7, 11) is 1.90. The molecule has 2 rings (SSSR count). The van der Waals surface area contributed by atoms with Gasteiger partial charge >= 0.3 is 0 Å². The van der Waals surface area contributed by atoms with Gasteiger partial charge in [0.2, 0.25) is 0 Å². The maximum absolute atomic E-state index is 13.4. The minimum absolute atomic E-state index is 0. The lowest BCUT2D eigenvalue weighted by atomic mass is 10.0. The number of amides is 1. The van der Waals surface area contributed by atoms with Crippen molar-refractivity contribution in [3.05, 3.63) is 34.1 Å². The molecule has 0 radical (unpaired) electrons. The van der Waals surface area contributed by atoms with Gasteiger partial charge in [0.05, 0.1) is 4.47 Å². The predicted molar refractivity (Wildman–Crippen MR) is 79.3 cm³/mol. The molecule has 19 heavy (non-hydrogen) atoms. The van der Waals surface area contributed by atoms with Crippen LogP contribution in [0.1, 0.15) is 23.2 Å². The summed E-state index contributed by atoms with van der Waals surface area (Å²) in [4.78, 5) is 14.0. The van der Waals surface area contributed by atoms with Gasteiger partial charge in [-0.2, -0.15) is 0 Å². The van der Waals surface area contributed by atoms with E-state index in [0.29, 0.717) is 22.6 Å². The molecule has 1 saturated heterocycles. The highest BCUT2D eigenvalue weighted by Gasteiger charge is 2.23. The Morgan fingerprint density at radius 2 is 2.26 bits per heavy atom. The molecule has 0 spiro atoms. The summed E-state index contributed by atoms with van der Waals surface area (Å²) in [5.74, 6) is -0.496. The zero-order chi connectivity index (χ0) is 13.1. The van der Waals surface area contributed by atoms with Gasteiger partial charge in [0.1, 0.15) is 5.82 Å². The van der Waals surface area contributed by atoms with Crippen LogP contribution >= 0.6 is 28.3 Å². The molecule has 6 heteroatoms. The third-order valence-electron chi connectivity index (χ3n) is 3.28. The van der Waals surface area contributed by atoms with Crippen molar-refractivity contribution < 1.29 is 9.18 Å². The molecule has 1 amide bonds. The summed E-state index contributed by atoms with van der Waals surface area (Å²) in [6, 6.07) is 4.85. The van der Waals surface area contributed by atoms with E-state index in [1.807, 2.05) is 7.05 Å². The number of carbonyl (C=O) groups is 1. The number of benzene rings is 1. The van der Waals surface area contributed by atoms with Crippen LogP contribution in [-0.4, -0.2) is 37.0 Å². The van der Waals surface area contributed by atoms with Gasteiger partial charge in [-0.25, -0.2) is 4.39 Å². The second-order valence-electron chi connectivity index (χ2n) is 4.51. The Labute approximate surface area is 127 Å². The molecule has 1 aromatic carbocycles. The van der Waals surface area contributed by atoms with E-state index in [9.17, 15) is 9.18 Å². The SMILES string of the molecule is CNC1CCCN(C(=O)c2ccc(Br)c(F)c2)C1.Cl. The first-order chi connectivity index (χ1) is 8.61. The molecule has 0 aromatic heterocycles. The number of hydrogen-bond acceptors (Lipinski definition) is 2. The fraction of sp³-hybridized carbons (Fsp3) is 0.462. The first-order valence-electron chi connectivity index (χ1n) is 6.03. The minimum Gasteiger partial charge on any atom is -0.337 e. The minimum atomic E-state index is -0.400. The van der Waals surface area contributed by atoms with Crippen molar-refractivity contribution in [1.82, 2.24) is 10.2 Å². The molecule has 1 N–H and O–H groups in total. The third kappa shape index (κ3) is 3.91. The molecule has 1 aliphatic rings. The molecule has 0 bridgehead atoms. The average molecular weight is 352 g/mol. The quantitative estimate of drug-likeness (QED) is 0.888. The van der Waals surface area contributed by atoms with Crippen LogP contribution in [0.25, 0.3) is 0 Å². The van der Waals surface area contributed by atoms with Gasteiger partial charge < -0.3 is 10.2 Å². The van der Waals surface area contributed by atoms with Crippen molar-refractivity contribution in [2.45, 2.75) is 18.9 Å². The molecule has 1 fully saturated rings. The summed E-state index contributed by atoms with van der Waals surface area (Å²) in [6.07, 6.45) is 2.06. The zero-order valence-corrected chi connectivity index (χ0v) is 13.1. The number of nitrogens with one attached hydrogen (secondary N) is 1. The van der Waals surface area contributed by atoms with Crippen LogP contribution in [0, 0.1) is 5.82 Å². The molecule has 106 valence electrons. The van der Waals surface area contributed by atoms with Crippen molar-refractivity contribution in [2.75, 3.05) is 20.1 Å². The van der Waals surface area contributed by atoms with Gasteiger partial charge in [0, 0.05) is 24.7 Å².